The SMILES string of the molecule is COc1ccc2cc(CNC(=O)Nc3ccc(Cl)cc3)c(=O)[nH]c2c1. The second-order valence-electron chi connectivity index (χ2n) is 5.39. The summed E-state index contributed by atoms with van der Waals surface area (Å²) in [6.45, 7) is 0.108. The number of hydrogen-bond acceptors (Lipinski definition) is 3. The molecule has 0 aliphatic carbocycles. The Labute approximate surface area is 148 Å². The topological polar surface area (TPSA) is 83.2 Å². The third kappa shape index (κ3) is 4.10. The number of hydrogen-bond donors (Lipinski definition) is 3. The van der Waals surface area contributed by atoms with Gasteiger partial charge in [-0.3, -0.25) is 4.79 Å². The summed E-state index contributed by atoms with van der Waals surface area (Å²) in [5.41, 5.74) is 1.50. The van der Waals surface area contributed by atoms with Crippen LogP contribution in [0.4, 0.5) is 10.5 Å². The minimum Gasteiger partial charge on any atom is -0.497 e. The number of benzene rings is 2. The van der Waals surface area contributed by atoms with Crippen molar-refractivity contribution >= 4 is 34.2 Å². The average Bonchev–Trinajstić information content (AvgIpc) is 2.61. The summed E-state index contributed by atoms with van der Waals surface area (Å²) in [4.78, 5) is 26.9. The van der Waals surface area contributed by atoms with Gasteiger partial charge in [-0.05, 0) is 47.9 Å². The fraction of sp³-hybridized carbons (Fsp3) is 0.111. The van der Waals surface area contributed by atoms with Crippen molar-refractivity contribution in [2.75, 3.05) is 12.4 Å². The van der Waals surface area contributed by atoms with Crippen LogP contribution in [0.2, 0.25) is 5.02 Å². The van der Waals surface area contributed by atoms with Gasteiger partial charge in [0.1, 0.15) is 5.75 Å². The van der Waals surface area contributed by atoms with E-state index in [0.717, 1.165) is 5.39 Å². The minimum absolute atomic E-state index is 0.108. The van der Waals surface area contributed by atoms with E-state index in [-0.39, 0.29) is 12.1 Å². The molecule has 2 aromatic carbocycles. The van der Waals surface area contributed by atoms with Gasteiger partial charge in [0.2, 0.25) is 0 Å². The number of carbonyl (C=O) groups excluding carboxylic acids is 1. The van der Waals surface area contributed by atoms with Crippen molar-refractivity contribution in [3.8, 4) is 5.75 Å². The van der Waals surface area contributed by atoms with E-state index in [1.807, 2.05) is 12.1 Å². The first kappa shape index (κ1) is 16.9. The van der Waals surface area contributed by atoms with Crippen LogP contribution in [0.3, 0.4) is 0 Å². The van der Waals surface area contributed by atoms with Crippen molar-refractivity contribution in [1.29, 1.82) is 0 Å². The Morgan fingerprint density at radius 2 is 1.92 bits per heavy atom. The number of halogens is 1. The predicted molar refractivity (Wildman–Crippen MR) is 98.4 cm³/mol. The Kier molecular flexibility index (Phi) is 4.90. The molecule has 3 rings (SSSR count). The van der Waals surface area contributed by atoms with Gasteiger partial charge in [0.25, 0.3) is 5.56 Å². The normalized spacial score (nSPS) is 10.5. The zero-order valence-corrected chi connectivity index (χ0v) is 14.2. The van der Waals surface area contributed by atoms with Gasteiger partial charge in [0.05, 0.1) is 12.6 Å². The molecule has 3 N–H and O–H groups in total. The molecule has 0 bridgehead atoms. The molecule has 3 aromatic rings. The van der Waals surface area contributed by atoms with E-state index >= 15 is 0 Å². The molecule has 1 heterocycles. The lowest BCUT2D eigenvalue weighted by molar-refractivity contribution is 0.251. The Morgan fingerprint density at radius 1 is 1.16 bits per heavy atom. The number of rotatable bonds is 4. The van der Waals surface area contributed by atoms with Gasteiger partial charge in [-0.2, -0.15) is 0 Å². The lowest BCUT2D eigenvalue weighted by Crippen LogP contribution is -2.30. The summed E-state index contributed by atoms with van der Waals surface area (Å²) in [7, 11) is 1.57. The van der Waals surface area contributed by atoms with Crippen molar-refractivity contribution in [1.82, 2.24) is 10.3 Å². The van der Waals surface area contributed by atoms with E-state index in [2.05, 4.69) is 15.6 Å². The fourth-order valence-corrected chi connectivity index (χ4v) is 2.49. The van der Waals surface area contributed by atoms with E-state index in [4.69, 9.17) is 16.3 Å². The van der Waals surface area contributed by atoms with Crippen LogP contribution in [0.15, 0.2) is 53.3 Å². The molecule has 0 aliphatic heterocycles. The molecule has 0 atom stereocenters. The maximum Gasteiger partial charge on any atom is 0.319 e. The number of ether oxygens (including phenoxy) is 1. The molecule has 0 saturated heterocycles. The summed E-state index contributed by atoms with van der Waals surface area (Å²) in [5.74, 6) is 0.663. The van der Waals surface area contributed by atoms with Crippen LogP contribution in [0.25, 0.3) is 10.9 Å². The minimum atomic E-state index is -0.406. The smallest absolute Gasteiger partial charge is 0.319 e. The Morgan fingerprint density at radius 3 is 2.64 bits per heavy atom. The summed E-state index contributed by atoms with van der Waals surface area (Å²) < 4.78 is 5.14. The van der Waals surface area contributed by atoms with Crippen LogP contribution in [-0.2, 0) is 6.54 Å². The number of aromatic nitrogens is 1. The van der Waals surface area contributed by atoms with E-state index in [0.29, 0.717) is 27.5 Å². The van der Waals surface area contributed by atoms with Gasteiger partial charge in [-0.15, -0.1) is 0 Å². The first-order chi connectivity index (χ1) is 12.0. The highest BCUT2D eigenvalue weighted by atomic mass is 35.5. The van der Waals surface area contributed by atoms with E-state index in [1.54, 1.807) is 43.5 Å². The van der Waals surface area contributed by atoms with Crippen LogP contribution < -0.4 is 20.9 Å². The Hall–Kier alpha value is -2.99. The van der Waals surface area contributed by atoms with Crippen LogP contribution in [0, 0.1) is 0 Å². The van der Waals surface area contributed by atoms with Crippen molar-refractivity contribution in [3.63, 3.8) is 0 Å². The number of fused-ring (bicyclic) bond motifs is 1. The lowest BCUT2D eigenvalue weighted by Gasteiger charge is -2.08. The number of anilines is 1. The molecule has 7 heteroatoms. The first-order valence-corrected chi connectivity index (χ1v) is 7.93. The quantitative estimate of drug-likeness (QED) is 0.668. The van der Waals surface area contributed by atoms with E-state index in [1.165, 1.54) is 0 Å². The highest BCUT2D eigenvalue weighted by molar-refractivity contribution is 6.30. The molecule has 2 amide bonds. The molecule has 128 valence electrons. The second kappa shape index (κ2) is 7.27. The monoisotopic (exact) mass is 357 g/mol. The number of nitrogens with one attached hydrogen (secondary N) is 3. The summed E-state index contributed by atoms with van der Waals surface area (Å²) in [6, 6.07) is 13.5. The Balaban J connectivity index is 1.70. The first-order valence-electron chi connectivity index (χ1n) is 7.55. The molecule has 0 aliphatic rings. The number of pyridine rings is 1. The van der Waals surface area contributed by atoms with Crippen molar-refractivity contribution in [2.45, 2.75) is 6.54 Å². The largest absolute Gasteiger partial charge is 0.497 e. The van der Waals surface area contributed by atoms with Crippen LogP contribution in [0.5, 0.6) is 5.75 Å². The molecule has 1 aromatic heterocycles. The number of methoxy groups -OCH3 is 1. The van der Waals surface area contributed by atoms with Crippen molar-refractivity contribution in [2.24, 2.45) is 0 Å². The van der Waals surface area contributed by atoms with E-state index in [9.17, 15) is 9.59 Å². The van der Waals surface area contributed by atoms with Gasteiger partial charge in [-0.1, -0.05) is 11.6 Å². The summed E-state index contributed by atoms with van der Waals surface area (Å²) >= 11 is 5.80. The Bertz CT molecular complexity index is 967. The zero-order valence-electron chi connectivity index (χ0n) is 13.4. The van der Waals surface area contributed by atoms with Crippen LogP contribution in [-0.4, -0.2) is 18.1 Å². The molecule has 0 spiro atoms. The summed E-state index contributed by atoms with van der Waals surface area (Å²) in [6.07, 6.45) is 0. The predicted octanol–water partition coefficient (Wildman–Crippen LogP) is 3.51. The number of carbonyl (C=O) groups is 1. The van der Waals surface area contributed by atoms with Crippen molar-refractivity contribution in [3.05, 3.63) is 69.5 Å². The molecule has 0 radical (unpaired) electrons. The second-order valence-corrected chi connectivity index (χ2v) is 5.83. The standard InChI is InChI=1S/C18H16ClN3O3/c1-25-15-7-2-11-8-12(17(23)22-16(11)9-15)10-20-18(24)21-14-5-3-13(19)4-6-14/h2-9H,10H2,1H3,(H,22,23)(H2,20,21,24). The van der Waals surface area contributed by atoms with Gasteiger partial charge in [0, 0.05) is 28.9 Å². The maximum absolute atomic E-state index is 12.2. The van der Waals surface area contributed by atoms with Gasteiger partial charge >= 0.3 is 6.03 Å². The molecule has 0 fully saturated rings. The molecular formula is C18H16ClN3O3. The molecule has 6 nitrogen and oxygen atoms in total. The van der Waals surface area contributed by atoms with Gasteiger partial charge in [-0.25, -0.2) is 4.79 Å². The van der Waals surface area contributed by atoms with Gasteiger partial charge < -0.3 is 20.4 Å². The van der Waals surface area contributed by atoms with Crippen LogP contribution >= 0.6 is 11.6 Å². The molecular weight excluding hydrogens is 342 g/mol. The molecule has 25 heavy (non-hydrogen) atoms. The average molecular weight is 358 g/mol. The fourth-order valence-electron chi connectivity index (χ4n) is 2.37. The molecule has 0 unspecified atom stereocenters. The lowest BCUT2D eigenvalue weighted by atomic mass is 10.1. The zero-order chi connectivity index (χ0) is 17.8. The maximum atomic E-state index is 12.2. The highest BCUT2D eigenvalue weighted by Gasteiger charge is 2.07. The summed E-state index contributed by atoms with van der Waals surface area (Å²) in [5, 5.41) is 6.78. The number of H-pyrrole nitrogens is 1. The third-order valence-electron chi connectivity index (χ3n) is 3.67. The highest BCUT2D eigenvalue weighted by Crippen LogP contribution is 2.18. The van der Waals surface area contributed by atoms with E-state index < -0.39 is 6.03 Å². The van der Waals surface area contributed by atoms with Crippen molar-refractivity contribution < 1.29 is 9.53 Å². The number of urea groups is 1. The number of amides is 2. The van der Waals surface area contributed by atoms with Gasteiger partial charge in [0.15, 0.2) is 0 Å². The molecule has 0 saturated carbocycles. The third-order valence-corrected chi connectivity index (χ3v) is 3.92. The number of aromatic amines is 1. The van der Waals surface area contributed by atoms with Crippen LogP contribution in [0.1, 0.15) is 5.56 Å².